The standard InChI is InChI=1S/C17H31N5OS.HI/c1-3-18-17(19-10-6-12-22-13-7-11-20-22)21-15-8-5-9-16(14-15)24(23)4-2;/h7,11,13,15-16H,3-6,8-10,12,14H2,1-2H3,(H2,18,19,21);1H. The van der Waals surface area contributed by atoms with Gasteiger partial charge in [0.15, 0.2) is 5.96 Å². The minimum atomic E-state index is -0.687. The van der Waals surface area contributed by atoms with E-state index in [2.05, 4.69) is 27.6 Å². The van der Waals surface area contributed by atoms with Crippen LogP contribution in [0.1, 0.15) is 46.0 Å². The third-order valence-electron chi connectivity index (χ3n) is 4.34. The van der Waals surface area contributed by atoms with Crippen molar-refractivity contribution in [1.29, 1.82) is 0 Å². The Hall–Kier alpha value is -0.640. The number of aromatic nitrogens is 2. The molecule has 1 aliphatic rings. The van der Waals surface area contributed by atoms with Crippen LogP contribution in [0.4, 0.5) is 0 Å². The maximum Gasteiger partial charge on any atom is 0.191 e. The van der Waals surface area contributed by atoms with Gasteiger partial charge in [-0.25, -0.2) is 0 Å². The maximum absolute atomic E-state index is 12.1. The molecule has 0 aliphatic heterocycles. The van der Waals surface area contributed by atoms with Crippen LogP contribution in [-0.4, -0.2) is 50.1 Å². The average molecular weight is 481 g/mol. The molecule has 1 fully saturated rings. The molecular weight excluding hydrogens is 449 g/mol. The van der Waals surface area contributed by atoms with Gasteiger partial charge in [-0.3, -0.25) is 13.9 Å². The monoisotopic (exact) mass is 481 g/mol. The number of hydrogen-bond donors (Lipinski definition) is 2. The van der Waals surface area contributed by atoms with Crippen molar-refractivity contribution < 1.29 is 4.21 Å². The quantitative estimate of drug-likeness (QED) is 0.259. The van der Waals surface area contributed by atoms with Crippen LogP contribution in [0.25, 0.3) is 0 Å². The molecule has 3 unspecified atom stereocenters. The Labute approximate surface area is 171 Å². The van der Waals surface area contributed by atoms with E-state index in [9.17, 15) is 4.21 Å². The lowest BCUT2D eigenvalue weighted by molar-refractivity contribution is 0.413. The molecule has 1 heterocycles. The summed E-state index contributed by atoms with van der Waals surface area (Å²) >= 11 is 0. The van der Waals surface area contributed by atoms with E-state index in [1.165, 1.54) is 0 Å². The summed E-state index contributed by atoms with van der Waals surface area (Å²) in [6, 6.07) is 2.32. The van der Waals surface area contributed by atoms with E-state index >= 15 is 0 Å². The largest absolute Gasteiger partial charge is 0.357 e. The summed E-state index contributed by atoms with van der Waals surface area (Å²) in [4.78, 5) is 4.67. The highest BCUT2D eigenvalue weighted by molar-refractivity contribution is 14.0. The van der Waals surface area contributed by atoms with Crippen molar-refractivity contribution in [2.45, 2.75) is 63.8 Å². The van der Waals surface area contributed by atoms with Crippen molar-refractivity contribution >= 4 is 40.7 Å². The molecule has 0 amide bonds. The average Bonchev–Trinajstić information content (AvgIpc) is 3.12. The molecule has 1 aliphatic carbocycles. The third-order valence-corrected chi connectivity index (χ3v) is 6.08. The number of rotatable bonds is 8. The van der Waals surface area contributed by atoms with Gasteiger partial charge in [0.1, 0.15) is 0 Å². The number of aryl methyl sites for hydroxylation is 1. The van der Waals surface area contributed by atoms with Crippen molar-refractivity contribution in [3.63, 3.8) is 0 Å². The molecule has 25 heavy (non-hydrogen) atoms. The lowest BCUT2D eigenvalue weighted by Crippen LogP contribution is -2.46. The highest BCUT2D eigenvalue weighted by atomic mass is 127. The summed E-state index contributed by atoms with van der Waals surface area (Å²) < 4.78 is 14.0. The van der Waals surface area contributed by atoms with Gasteiger partial charge in [0, 0.05) is 59.9 Å². The fourth-order valence-corrected chi connectivity index (χ4v) is 4.47. The van der Waals surface area contributed by atoms with Crippen LogP contribution in [0.15, 0.2) is 23.5 Å². The Bertz CT molecular complexity index is 523. The highest BCUT2D eigenvalue weighted by Gasteiger charge is 2.25. The molecule has 0 aromatic carbocycles. The molecule has 0 spiro atoms. The number of aliphatic imine (C=N–C) groups is 1. The van der Waals surface area contributed by atoms with Gasteiger partial charge >= 0.3 is 0 Å². The van der Waals surface area contributed by atoms with Gasteiger partial charge < -0.3 is 10.6 Å². The number of hydrogen-bond acceptors (Lipinski definition) is 3. The van der Waals surface area contributed by atoms with E-state index in [1.54, 1.807) is 6.20 Å². The van der Waals surface area contributed by atoms with Crippen LogP contribution in [0, 0.1) is 0 Å². The first-order valence-corrected chi connectivity index (χ1v) is 10.5. The van der Waals surface area contributed by atoms with Crippen LogP contribution in [-0.2, 0) is 17.3 Å². The van der Waals surface area contributed by atoms with Gasteiger partial charge in [-0.15, -0.1) is 24.0 Å². The Morgan fingerprint density at radius 2 is 2.24 bits per heavy atom. The van der Waals surface area contributed by atoms with E-state index in [1.807, 2.05) is 23.9 Å². The van der Waals surface area contributed by atoms with Crippen molar-refractivity contribution in [2.75, 3.05) is 18.8 Å². The zero-order valence-corrected chi connectivity index (χ0v) is 18.5. The van der Waals surface area contributed by atoms with Gasteiger partial charge in [0.05, 0.1) is 0 Å². The van der Waals surface area contributed by atoms with Gasteiger partial charge in [0.25, 0.3) is 0 Å². The first-order chi connectivity index (χ1) is 11.7. The predicted molar refractivity (Wildman–Crippen MR) is 116 cm³/mol. The van der Waals surface area contributed by atoms with Crippen molar-refractivity contribution in [3.05, 3.63) is 18.5 Å². The number of nitrogens with one attached hydrogen (secondary N) is 2. The summed E-state index contributed by atoms with van der Waals surface area (Å²) in [5.74, 6) is 1.64. The van der Waals surface area contributed by atoms with Crippen molar-refractivity contribution in [3.8, 4) is 0 Å². The summed E-state index contributed by atoms with van der Waals surface area (Å²) in [6.07, 6.45) is 9.10. The summed E-state index contributed by atoms with van der Waals surface area (Å²) in [5, 5.41) is 11.4. The lowest BCUT2D eigenvalue weighted by Gasteiger charge is -2.30. The Morgan fingerprint density at radius 1 is 1.40 bits per heavy atom. The molecule has 1 aromatic rings. The third kappa shape index (κ3) is 8.06. The Kier molecular flexibility index (Phi) is 11.4. The summed E-state index contributed by atoms with van der Waals surface area (Å²) in [5.41, 5.74) is 0. The van der Waals surface area contributed by atoms with Crippen molar-refractivity contribution in [1.82, 2.24) is 20.4 Å². The van der Waals surface area contributed by atoms with E-state index < -0.39 is 10.8 Å². The van der Waals surface area contributed by atoms with Crippen LogP contribution in [0.3, 0.4) is 0 Å². The van der Waals surface area contributed by atoms with Gasteiger partial charge in [-0.1, -0.05) is 13.3 Å². The van der Waals surface area contributed by atoms with Gasteiger partial charge in [-0.2, -0.15) is 5.10 Å². The lowest BCUT2D eigenvalue weighted by atomic mass is 9.95. The van der Waals surface area contributed by atoms with E-state index in [0.717, 1.165) is 63.5 Å². The predicted octanol–water partition coefficient (Wildman–Crippen LogP) is 2.53. The smallest absolute Gasteiger partial charge is 0.191 e. The van der Waals surface area contributed by atoms with Crippen LogP contribution >= 0.6 is 24.0 Å². The first kappa shape index (κ1) is 22.4. The zero-order valence-electron chi connectivity index (χ0n) is 15.3. The van der Waals surface area contributed by atoms with Gasteiger partial charge in [0.2, 0.25) is 0 Å². The molecular formula is C17H32IN5OS. The van der Waals surface area contributed by atoms with E-state index in [-0.39, 0.29) is 24.0 Å². The molecule has 0 saturated heterocycles. The molecule has 3 atom stereocenters. The highest BCUT2D eigenvalue weighted by Crippen LogP contribution is 2.22. The fraction of sp³-hybridized carbons (Fsp3) is 0.765. The number of guanidine groups is 1. The maximum atomic E-state index is 12.1. The molecule has 1 aromatic heterocycles. The normalized spacial score (nSPS) is 22.1. The number of nitrogens with zero attached hydrogens (tertiary/aromatic N) is 3. The molecule has 2 N–H and O–H groups in total. The number of halogens is 1. The van der Waals surface area contributed by atoms with Crippen molar-refractivity contribution in [2.24, 2.45) is 4.99 Å². The molecule has 0 bridgehead atoms. The van der Waals surface area contributed by atoms with E-state index in [4.69, 9.17) is 0 Å². The van der Waals surface area contributed by atoms with Gasteiger partial charge in [-0.05, 0) is 38.7 Å². The van der Waals surface area contributed by atoms with Crippen LogP contribution < -0.4 is 10.6 Å². The molecule has 0 radical (unpaired) electrons. The van der Waals surface area contributed by atoms with Crippen LogP contribution in [0.5, 0.6) is 0 Å². The zero-order chi connectivity index (χ0) is 17.2. The second-order valence-electron chi connectivity index (χ2n) is 6.18. The Balaban J connectivity index is 0.00000312. The first-order valence-electron chi connectivity index (χ1n) is 9.12. The second-order valence-corrected chi connectivity index (χ2v) is 8.19. The SMILES string of the molecule is CCNC(=NCCCn1cccn1)NC1CCCC(S(=O)CC)C1.I. The minimum absolute atomic E-state index is 0. The summed E-state index contributed by atoms with van der Waals surface area (Å²) in [6.45, 7) is 6.60. The second kappa shape index (κ2) is 12.7. The minimum Gasteiger partial charge on any atom is -0.357 e. The molecule has 8 heteroatoms. The van der Waals surface area contributed by atoms with Crippen LogP contribution in [0.2, 0.25) is 0 Å². The molecule has 1 saturated carbocycles. The topological polar surface area (TPSA) is 71.3 Å². The summed E-state index contributed by atoms with van der Waals surface area (Å²) in [7, 11) is -0.687. The fourth-order valence-electron chi connectivity index (χ4n) is 3.12. The Morgan fingerprint density at radius 3 is 2.92 bits per heavy atom. The molecule has 2 rings (SSSR count). The molecule has 144 valence electrons. The molecule has 6 nitrogen and oxygen atoms in total. The van der Waals surface area contributed by atoms with E-state index in [0.29, 0.717) is 11.3 Å².